The van der Waals surface area contributed by atoms with Gasteiger partial charge in [0.1, 0.15) is 17.1 Å². The van der Waals surface area contributed by atoms with E-state index in [2.05, 4.69) is 10.4 Å². The monoisotopic (exact) mass is 368 g/mol. The van der Waals surface area contributed by atoms with Gasteiger partial charge in [0.2, 0.25) is 0 Å². The second-order valence-corrected chi connectivity index (χ2v) is 6.34. The van der Waals surface area contributed by atoms with Gasteiger partial charge in [-0.1, -0.05) is 12.1 Å². The number of nitrogens with zero attached hydrogens (tertiary/aromatic N) is 3. The Morgan fingerprint density at radius 3 is 2.56 bits per heavy atom. The molecule has 0 unspecified atom stereocenters. The van der Waals surface area contributed by atoms with Crippen LogP contribution in [0.2, 0.25) is 0 Å². The Hall–Kier alpha value is -3.42. The Morgan fingerprint density at radius 2 is 2.00 bits per heavy atom. The van der Waals surface area contributed by atoms with Crippen molar-refractivity contribution in [2.45, 2.75) is 33.4 Å². The number of rotatable bonds is 6. The number of nitrogens with one attached hydrogen (secondary N) is 1. The number of carbonyl (C=O) groups is 1. The molecule has 2 aromatic heterocycles. The first-order chi connectivity index (χ1) is 12.9. The van der Waals surface area contributed by atoms with Crippen LogP contribution in [-0.2, 0) is 6.54 Å². The second-order valence-electron chi connectivity index (χ2n) is 6.34. The fourth-order valence-electron chi connectivity index (χ4n) is 2.93. The average Bonchev–Trinajstić information content (AvgIpc) is 3.24. The molecule has 1 N–H and O–H groups in total. The molecule has 8 nitrogen and oxygen atoms in total. The zero-order valence-electron chi connectivity index (χ0n) is 15.3. The van der Waals surface area contributed by atoms with Gasteiger partial charge in [0.25, 0.3) is 5.91 Å². The molecular weight excluding hydrogens is 348 g/mol. The predicted molar refractivity (Wildman–Crippen MR) is 98.5 cm³/mol. The van der Waals surface area contributed by atoms with Crippen LogP contribution in [-0.4, -0.2) is 20.6 Å². The van der Waals surface area contributed by atoms with E-state index < -0.39 is 4.92 Å². The average molecular weight is 368 g/mol. The fraction of sp³-hybridized carbons (Fsp3) is 0.263. The third-order valence-electron chi connectivity index (χ3n) is 4.39. The molecule has 8 heteroatoms. The van der Waals surface area contributed by atoms with E-state index in [0.29, 0.717) is 29.3 Å². The smallest absolute Gasteiger partial charge is 0.312 e. The van der Waals surface area contributed by atoms with E-state index >= 15 is 0 Å². The number of carbonyl (C=O) groups excluding carboxylic acids is 1. The van der Waals surface area contributed by atoms with E-state index in [-0.39, 0.29) is 17.6 Å². The molecule has 0 saturated heterocycles. The molecule has 3 aromatic rings. The molecule has 2 heterocycles. The number of nitro groups is 1. The highest BCUT2D eigenvalue weighted by molar-refractivity contribution is 5.94. The van der Waals surface area contributed by atoms with Gasteiger partial charge in [-0.15, -0.1) is 0 Å². The lowest BCUT2D eigenvalue weighted by Gasteiger charge is -2.12. The van der Waals surface area contributed by atoms with Gasteiger partial charge < -0.3 is 9.73 Å². The van der Waals surface area contributed by atoms with E-state index in [1.807, 2.05) is 25.1 Å². The first-order valence-electron chi connectivity index (χ1n) is 8.48. The Labute approximate surface area is 156 Å². The Kier molecular flexibility index (Phi) is 5.07. The molecule has 0 fully saturated rings. The molecule has 140 valence electrons. The summed E-state index contributed by atoms with van der Waals surface area (Å²) < 4.78 is 6.88. The SMILES string of the molecule is Cc1nn(Cc2ccc(C(=O)N[C@H](C)c3ccco3)cc2)c(C)c1[N+](=O)[O-]. The maximum Gasteiger partial charge on any atom is 0.312 e. The van der Waals surface area contributed by atoms with Gasteiger partial charge in [0.15, 0.2) is 0 Å². The minimum atomic E-state index is -0.415. The molecular formula is C19H20N4O4. The van der Waals surface area contributed by atoms with Crippen LogP contribution in [0, 0.1) is 24.0 Å². The van der Waals surface area contributed by atoms with Gasteiger partial charge in [-0.3, -0.25) is 19.6 Å². The summed E-state index contributed by atoms with van der Waals surface area (Å²) in [4.78, 5) is 23.0. The summed E-state index contributed by atoms with van der Waals surface area (Å²) in [6.45, 7) is 5.54. The van der Waals surface area contributed by atoms with Crippen molar-refractivity contribution in [3.63, 3.8) is 0 Å². The Morgan fingerprint density at radius 1 is 1.30 bits per heavy atom. The summed E-state index contributed by atoms with van der Waals surface area (Å²) in [6, 6.07) is 10.4. The number of aryl methyl sites for hydroxylation is 1. The van der Waals surface area contributed by atoms with Crippen LogP contribution in [0.3, 0.4) is 0 Å². The molecule has 0 radical (unpaired) electrons. The lowest BCUT2D eigenvalue weighted by molar-refractivity contribution is -0.386. The zero-order valence-corrected chi connectivity index (χ0v) is 15.3. The second kappa shape index (κ2) is 7.45. The minimum absolute atomic E-state index is 0.0397. The molecule has 0 aliphatic heterocycles. The summed E-state index contributed by atoms with van der Waals surface area (Å²) in [5, 5.41) is 18.2. The van der Waals surface area contributed by atoms with Crippen molar-refractivity contribution in [1.29, 1.82) is 0 Å². The minimum Gasteiger partial charge on any atom is -0.467 e. The zero-order chi connectivity index (χ0) is 19.6. The molecule has 1 aromatic carbocycles. The Bertz CT molecular complexity index is 959. The largest absolute Gasteiger partial charge is 0.467 e. The molecule has 0 spiro atoms. The predicted octanol–water partition coefficient (Wildman–Crippen LogP) is 3.54. The summed E-state index contributed by atoms with van der Waals surface area (Å²) in [6.07, 6.45) is 1.57. The van der Waals surface area contributed by atoms with Gasteiger partial charge >= 0.3 is 5.69 Å². The van der Waals surface area contributed by atoms with Crippen LogP contribution in [0.1, 0.15) is 46.0 Å². The van der Waals surface area contributed by atoms with Crippen molar-refractivity contribution in [2.75, 3.05) is 0 Å². The highest BCUT2D eigenvalue weighted by Gasteiger charge is 2.21. The summed E-state index contributed by atoms with van der Waals surface area (Å²) in [5.74, 6) is 0.485. The van der Waals surface area contributed by atoms with E-state index in [1.54, 1.807) is 43.0 Å². The third-order valence-corrected chi connectivity index (χ3v) is 4.39. The molecule has 3 rings (SSSR count). The lowest BCUT2D eigenvalue weighted by atomic mass is 10.1. The molecule has 0 saturated carbocycles. The number of furan rings is 1. The van der Waals surface area contributed by atoms with Crippen LogP contribution in [0.5, 0.6) is 0 Å². The number of aromatic nitrogens is 2. The first kappa shape index (κ1) is 18.4. The van der Waals surface area contributed by atoms with Crippen molar-refractivity contribution >= 4 is 11.6 Å². The van der Waals surface area contributed by atoms with Crippen molar-refractivity contribution < 1.29 is 14.1 Å². The van der Waals surface area contributed by atoms with E-state index in [1.165, 1.54) is 0 Å². The summed E-state index contributed by atoms with van der Waals surface area (Å²) in [7, 11) is 0. The molecule has 0 aliphatic rings. The molecule has 0 bridgehead atoms. The molecule has 1 amide bonds. The lowest BCUT2D eigenvalue weighted by Crippen LogP contribution is -2.26. The van der Waals surface area contributed by atoms with Gasteiger partial charge in [0, 0.05) is 5.56 Å². The standard InChI is InChI=1S/C19H20N4O4/c1-12(17-5-4-10-27-17)20-19(24)16-8-6-15(7-9-16)11-22-14(3)18(23(25)26)13(2)21-22/h4-10,12H,11H2,1-3H3,(H,20,24)/t12-/m1/s1. The van der Waals surface area contributed by atoms with Crippen LogP contribution >= 0.6 is 0 Å². The van der Waals surface area contributed by atoms with E-state index in [9.17, 15) is 14.9 Å². The van der Waals surface area contributed by atoms with Gasteiger partial charge in [0.05, 0.1) is 23.8 Å². The molecule has 0 aliphatic carbocycles. The first-order valence-corrected chi connectivity index (χ1v) is 8.48. The van der Waals surface area contributed by atoms with Crippen LogP contribution in [0.25, 0.3) is 0 Å². The normalized spacial score (nSPS) is 12.0. The molecule has 1 atom stereocenters. The fourth-order valence-corrected chi connectivity index (χ4v) is 2.93. The van der Waals surface area contributed by atoms with Crippen LogP contribution in [0.4, 0.5) is 5.69 Å². The number of amides is 1. The maximum absolute atomic E-state index is 12.4. The highest BCUT2D eigenvalue weighted by Crippen LogP contribution is 2.22. The number of hydrogen-bond donors (Lipinski definition) is 1. The van der Waals surface area contributed by atoms with Crippen molar-refractivity contribution in [1.82, 2.24) is 15.1 Å². The van der Waals surface area contributed by atoms with Crippen molar-refractivity contribution in [3.05, 3.63) is 81.1 Å². The van der Waals surface area contributed by atoms with Crippen molar-refractivity contribution in [2.24, 2.45) is 0 Å². The van der Waals surface area contributed by atoms with Gasteiger partial charge in [-0.25, -0.2) is 0 Å². The molecule has 27 heavy (non-hydrogen) atoms. The van der Waals surface area contributed by atoms with Gasteiger partial charge in [-0.2, -0.15) is 5.10 Å². The topological polar surface area (TPSA) is 103 Å². The third kappa shape index (κ3) is 3.89. The number of hydrogen-bond acceptors (Lipinski definition) is 5. The van der Waals surface area contributed by atoms with Crippen LogP contribution < -0.4 is 5.32 Å². The van der Waals surface area contributed by atoms with E-state index in [4.69, 9.17) is 4.42 Å². The summed E-state index contributed by atoms with van der Waals surface area (Å²) in [5.41, 5.74) is 2.35. The maximum atomic E-state index is 12.4. The summed E-state index contributed by atoms with van der Waals surface area (Å²) >= 11 is 0. The quantitative estimate of drug-likeness (QED) is 0.529. The number of benzene rings is 1. The van der Waals surface area contributed by atoms with Crippen LogP contribution in [0.15, 0.2) is 47.1 Å². The Balaban J connectivity index is 1.69. The highest BCUT2D eigenvalue weighted by atomic mass is 16.6. The van der Waals surface area contributed by atoms with Crippen molar-refractivity contribution in [3.8, 4) is 0 Å². The van der Waals surface area contributed by atoms with E-state index in [0.717, 1.165) is 5.56 Å². The van der Waals surface area contributed by atoms with Gasteiger partial charge in [-0.05, 0) is 50.6 Å².